The average Bonchev–Trinajstić information content (AvgIpc) is 2.79. The van der Waals surface area contributed by atoms with Gasteiger partial charge in [-0.1, -0.05) is 0 Å². The molecule has 0 aliphatic rings. The Morgan fingerprint density at radius 1 is 0.633 bits per heavy atom. The minimum absolute atomic E-state index is 0.369. The molecular weight excluding hydrogens is 392 g/mol. The van der Waals surface area contributed by atoms with Crippen LogP contribution in [0.3, 0.4) is 0 Å². The molecule has 152 valence electrons. The second-order valence-corrected chi connectivity index (χ2v) is 5.71. The number of rotatable bonds is 10. The zero-order valence-corrected chi connectivity index (χ0v) is 15.7. The van der Waals surface area contributed by atoms with Crippen molar-refractivity contribution in [2.75, 3.05) is 26.4 Å². The van der Waals surface area contributed by atoms with Gasteiger partial charge in [0.15, 0.2) is 26.4 Å². The SMILES string of the molecule is N#Cc1ccc(OCC(=O)OCC(=O)COC(=O)COc2ccc(C#N)cc2)cc1. The Balaban J connectivity index is 1.60. The van der Waals surface area contributed by atoms with E-state index < -0.39 is 44.1 Å². The molecule has 0 N–H and O–H groups in total. The van der Waals surface area contributed by atoms with Crippen LogP contribution in [0.25, 0.3) is 0 Å². The molecule has 0 unspecified atom stereocenters. The van der Waals surface area contributed by atoms with Crippen molar-refractivity contribution in [2.45, 2.75) is 0 Å². The highest BCUT2D eigenvalue weighted by atomic mass is 16.6. The number of carbonyl (C=O) groups excluding carboxylic acids is 3. The molecule has 0 saturated heterocycles. The van der Waals surface area contributed by atoms with Crippen molar-refractivity contribution in [2.24, 2.45) is 0 Å². The van der Waals surface area contributed by atoms with E-state index in [1.807, 2.05) is 12.1 Å². The molecule has 0 aliphatic heterocycles. The molecule has 0 aliphatic carbocycles. The van der Waals surface area contributed by atoms with Crippen molar-refractivity contribution in [3.8, 4) is 23.6 Å². The maximum Gasteiger partial charge on any atom is 0.344 e. The Hall–Kier alpha value is -4.37. The van der Waals surface area contributed by atoms with Gasteiger partial charge >= 0.3 is 11.9 Å². The number of ketones is 1. The standard InChI is InChI=1S/C21H16N2O7/c22-9-15-1-5-18(6-2-15)27-13-20(25)29-11-17(24)12-30-21(26)14-28-19-7-3-16(10-23)4-8-19/h1-8H,11-14H2. The van der Waals surface area contributed by atoms with E-state index in [1.165, 1.54) is 48.5 Å². The summed E-state index contributed by atoms with van der Waals surface area (Å²) >= 11 is 0. The predicted molar refractivity (Wildman–Crippen MR) is 100 cm³/mol. The van der Waals surface area contributed by atoms with Crippen LogP contribution in [0.5, 0.6) is 11.5 Å². The van der Waals surface area contributed by atoms with Crippen LogP contribution in [0.1, 0.15) is 11.1 Å². The third-order valence-corrected chi connectivity index (χ3v) is 3.47. The van der Waals surface area contributed by atoms with Gasteiger partial charge in [-0.15, -0.1) is 0 Å². The Morgan fingerprint density at radius 2 is 1.00 bits per heavy atom. The van der Waals surface area contributed by atoms with E-state index >= 15 is 0 Å². The van der Waals surface area contributed by atoms with Gasteiger partial charge in [-0.25, -0.2) is 9.59 Å². The largest absolute Gasteiger partial charge is 0.482 e. The first-order valence-electron chi connectivity index (χ1n) is 8.59. The summed E-state index contributed by atoms with van der Waals surface area (Å²) in [6.07, 6.45) is 0. The number of esters is 2. The van der Waals surface area contributed by atoms with Crippen LogP contribution in [0.15, 0.2) is 48.5 Å². The Labute approximate surface area is 171 Å². The molecule has 30 heavy (non-hydrogen) atoms. The average molecular weight is 408 g/mol. The van der Waals surface area contributed by atoms with Crippen molar-refractivity contribution in [3.63, 3.8) is 0 Å². The van der Waals surface area contributed by atoms with Crippen molar-refractivity contribution in [3.05, 3.63) is 59.7 Å². The first kappa shape index (κ1) is 21.9. The molecule has 2 aromatic rings. The Morgan fingerprint density at radius 3 is 1.33 bits per heavy atom. The molecule has 0 saturated carbocycles. The van der Waals surface area contributed by atoms with Crippen molar-refractivity contribution >= 4 is 17.7 Å². The van der Waals surface area contributed by atoms with Crippen LogP contribution >= 0.6 is 0 Å². The second kappa shape index (κ2) is 11.5. The molecular formula is C21H16N2O7. The summed E-state index contributed by atoms with van der Waals surface area (Å²) in [4.78, 5) is 34.8. The zero-order chi connectivity index (χ0) is 21.8. The monoisotopic (exact) mass is 408 g/mol. The van der Waals surface area contributed by atoms with E-state index in [1.54, 1.807) is 0 Å². The van der Waals surface area contributed by atoms with Gasteiger partial charge in [-0.2, -0.15) is 10.5 Å². The maximum absolute atomic E-state index is 11.6. The first-order valence-corrected chi connectivity index (χ1v) is 8.59. The zero-order valence-electron chi connectivity index (χ0n) is 15.7. The number of ether oxygens (including phenoxy) is 4. The van der Waals surface area contributed by atoms with Crippen molar-refractivity contribution < 1.29 is 33.3 Å². The Kier molecular flexibility index (Phi) is 8.38. The summed E-state index contributed by atoms with van der Waals surface area (Å²) in [6, 6.07) is 16.1. The minimum Gasteiger partial charge on any atom is -0.482 e. The fourth-order valence-electron chi connectivity index (χ4n) is 1.98. The van der Waals surface area contributed by atoms with Gasteiger partial charge in [0, 0.05) is 0 Å². The highest BCUT2D eigenvalue weighted by Crippen LogP contribution is 2.12. The fraction of sp³-hybridized carbons (Fsp3) is 0.190. The first-order chi connectivity index (χ1) is 14.5. The molecule has 0 bridgehead atoms. The van der Waals surface area contributed by atoms with Gasteiger partial charge < -0.3 is 18.9 Å². The second-order valence-electron chi connectivity index (χ2n) is 5.71. The van der Waals surface area contributed by atoms with Crippen LogP contribution < -0.4 is 9.47 Å². The number of carbonyl (C=O) groups is 3. The molecule has 0 aromatic heterocycles. The molecule has 0 amide bonds. The highest BCUT2D eigenvalue weighted by molar-refractivity contribution is 5.85. The molecule has 9 nitrogen and oxygen atoms in total. The van der Waals surface area contributed by atoms with E-state index in [9.17, 15) is 14.4 Å². The topological polar surface area (TPSA) is 136 Å². The third kappa shape index (κ3) is 7.71. The summed E-state index contributed by atoms with van der Waals surface area (Å²) < 4.78 is 19.8. The number of nitrogens with zero attached hydrogens (tertiary/aromatic N) is 2. The van der Waals surface area contributed by atoms with E-state index in [2.05, 4.69) is 0 Å². The summed E-state index contributed by atoms with van der Waals surface area (Å²) in [6.45, 7) is -1.98. The summed E-state index contributed by atoms with van der Waals surface area (Å²) in [5.41, 5.74) is 0.903. The van der Waals surface area contributed by atoms with E-state index in [-0.39, 0.29) is 0 Å². The molecule has 0 atom stereocenters. The van der Waals surface area contributed by atoms with Crippen LogP contribution in [-0.2, 0) is 23.9 Å². The van der Waals surface area contributed by atoms with Crippen LogP contribution in [-0.4, -0.2) is 44.1 Å². The molecule has 0 heterocycles. The molecule has 2 rings (SSSR count). The summed E-state index contributed by atoms with van der Waals surface area (Å²) in [5.74, 6) is -1.43. The van der Waals surface area contributed by atoms with Crippen molar-refractivity contribution in [1.82, 2.24) is 0 Å². The van der Waals surface area contributed by atoms with Crippen LogP contribution in [0, 0.1) is 22.7 Å². The number of hydrogen-bond acceptors (Lipinski definition) is 9. The number of Topliss-reactive ketones (excluding diaryl/α,β-unsaturated/α-hetero) is 1. The lowest BCUT2D eigenvalue weighted by Crippen LogP contribution is -2.24. The van der Waals surface area contributed by atoms with Crippen molar-refractivity contribution in [1.29, 1.82) is 10.5 Å². The lowest BCUT2D eigenvalue weighted by molar-refractivity contribution is -0.154. The molecule has 9 heteroatoms. The number of benzene rings is 2. The lowest BCUT2D eigenvalue weighted by Gasteiger charge is -2.08. The molecule has 0 fully saturated rings. The third-order valence-electron chi connectivity index (χ3n) is 3.47. The van der Waals surface area contributed by atoms with Gasteiger partial charge in [0.05, 0.1) is 23.3 Å². The Bertz CT molecular complexity index is 891. The van der Waals surface area contributed by atoms with Crippen LogP contribution in [0.4, 0.5) is 0 Å². The minimum atomic E-state index is -0.775. The van der Waals surface area contributed by atoms with Crippen LogP contribution in [0.2, 0.25) is 0 Å². The molecule has 2 aromatic carbocycles. The van der Waals surface area contributed by atoms with E-state index in [0.29, 0.717) is 22.6 Å². The van der Waals surface area contributed by atoms with E-state index in [0.717, 1.165) is 0 Å². The fourth-order valence-corrected chi connectivity index (χ4v) is 1.98. The quantitative estimate of drug-likeness (QED) is 0.536. The highest BCUT2D eigenvalue weighted by Gasteiger charge is 2.12. The van der Waals surface area contributed by atoms with Gasteiger partial charge in [-0.05, 0) is 48.5 Å². The summed E-state index contributed by atoms with van der Waals surface area (Å²) in [5, 5.41) is 17.4. The molecule has 0 radical (unpaired) electrons. The number of hydrogen-bond donors (Lipinski definition) is 0. The predicted octanol–water partition coefficient (Wildman–Crippen LogP) is 1.54. The smallest absolute Gasteiger partial charge is 0.344 e. The summed E-state index contributed by atoms with van der Waals surface area (Å²) in [7, 11) is 0. The molecule has 0 spiro atoms. The normalized spacial score (nSPS) is 9.53. The van der Waals surface area contributed by atoms with Gasteiger partial charge in [0.25, 0.3) is 0 Å². The maximum atomic E-state index is 11.6. The van der Waals surface area contributed by atoms with Gasteiger partial charge in [0.1, 0.15) is 11.5 Å². The van der Waals surface area contributed by atoms with E-state index in [4.69, 9.17) is 29.5 Å². The van der Waals surface area contributed by atoms with Gasteiger partial charge in [-0.3, -0.25) is 4.79 Å². The van der Waals surface area contributed by atoms with Gasteiger partial charge in [0.2, 0.25) is 5.78 Å². The lowest BCUT2D eigenvalue weighted by atomic mass is 10.2. The number of nitriles is 2.